The van der Waals surface area contributed by atoms with Crippen molar-refractivity contribution in [2.75, 3.05) is 20.0 Å². The van der Waals surface area contributed by atoms with Crippen LogP contribution in [0.25, 0.3) is 11.9 Å². The van der Waals surface area contributed by atoms with Gasteiger partial charge in [-0.2, -0.15) is 9.94 Å². The first-order valence-corrected chi connectivity index (χ1v) is 7.17. The first kappa shape index (κ1) is 15.7. The normalized spacial score (nSPS) is 24.1. The standard InChI is InChI=1S/C16H17N4O2.ClH/c1-21-13-7-10-5-3-4-6-12(10)15-14-11(8-18-19-16(14)17)9-20(13,15)22-2;/h4,6-9H,3,5H2,1-2H3,(H2,17,19);1H/q+1;. The third kappa shape index (κ3) is 1.96. The van der Waals surface area contributed by atoms with Crippen LogP contribution in [0.4, 0.5) is 5.82 Å². The topological polar surface area (TPSA) is 70.3 Å². The molecule has 3 heterocycles. The number of nitrogen functional groups attached to an aromatic ring is 1. The Hall–Kier alpha value is -2.15. The smallest absolute Gasteiger partial charge is 0.335 e. The van der Waals surface area contributed by atoms with Crippen molar-refractivity contribution in [1.29, 1.82) is 0 Å². The zero-order valence-corrected chi connectivity index (χ0v) is 13.8. The lowest BCUT2D eigenvalue weighted by molar-refractivity contribution is -0.962. The molecule has 0 saturated carbocycles. The monoisotopic (exact) mass is 333 g/mol. The Balaban J connectivity index is 0.00000156. The fourth-order valence-corrected chi connectivity index (χ4v) is 3.42. The van der Waals surface area contributed by atoms with Gasteiger partial charge in [0.15, 0.2) is 17.7 Å². The molecule has 0 spiro atoms. The van der Waals surface area contributed by atoms with Crippen LogP contribution in [0.2, 0.25) is 0 Å². The molecule has 1 aromatic heterocycles. The molecular weight excluding hydrogens is 316 g/mol. The molecule has 6 nitrogen and oxygen atoms in total. The number of halogens is 1. The van der Waals surface area contributed by atoms with Crippen LogP contribution in [0.3, 0.4) is 0 Å². The molecule has 3 aliphatic rings. The number of hydroxylamine groups is 3. The number of nitrogens with two attached hydrogens (primary N) is 1. The average molecular weight is 334 g/mol. The van der Waals surface area contributed by atoms with E-state index in [9.17, 15) is 0 Å². The quantitative estimate of drug-likeness (QED) is 0.813. The molecule has 4 rings (SSSR count). The van der Waals surface area contributed by atoms with Crippen LogP contribution < -0.4 is 16.2 Å². The summed E-state index contributed by atoms with van der Waals surface area (Å²) in [4.78, 5) is 5.87. The molecule has 120 valence electrons. The van der Waals surface area contributed by atoms with Crippen molar-refractivity contribution in [2.45, 2.75) is 12.8 Å². The maximum absolute atomic E-state index is 6.11. The zero-order chi connectivity index (χ0) is 15.3. The molecule has 0 aromatic carbocycles. The summed E-state index contributed by atoms with van der Waals surface area (Å²) in [6, 6.07) is 0. The molecule has 0 saturated heterocycles. The minimum atomic E-state index is 0. The number of allylic oxidation sites excluding steroid dienone is 3. The fraction of sp³-hybridized carbons (Fsp3) is 0.250. The van der Waals surface area contributed by atoms with E-state index in [1.165, 1.54) is 5.57 Å². The number of fused-ring (bicyclic) bond motifs is 3. The van der Waals surface area contributed by atoms with Crippen molar-refractivity contribution in [2.24, 2.45) is 0 Å². The van der Waals surface area contributed by atoms with Crippen LogP contribution in [-0.2, 0) is 9.57 Å². The molecule has 0 bridgehead atoms. The van der Waals surface area contributed by atoms with Gasteiger partial charge in [0.05, 0.1) is 30.9 Å². The third-order valence-corrected chi connectivity index (χ3v) is 4.39. The lowest BCUT2D eigenvalue weighted by Crippen LogP contribution is -2.42. The Kier molecular flexibility index (Phi) is 3.75. The molecular formula is C16H18ClN4O2+. The van der Waals surface area contributed by atoms with Gasteiger partial charge in [0, 0.05) is 11.6 Å². The molecule has 1 aliphatic carbocycles. The molecule has 23 heavy (non-hydrogen) atoms. The van der Waals surface area contributed by atoms with E-state index in [0.717, 1.165) is 34.5 Å². The predicted octanol–water partition coefficient (Wildman–Crippen LogP) is 0.867. The molecule has 1 aromatic rings. The maximum atomic E-state index is 6.11. The number of quaternary nitrogens is 1. The highest BCUT2D eigenvalue weighted by Gasteiger charge is 2.49. The van der Waals surface area contributed by atoms with Crippen molar-refractivity contribution < 1.29 is 14.2 Å². The predicted molar refractivity (Wildman–Crippen MR) is 88.6 cm³/mol. The molecule has 7 heteroatoms. The Morgan fingerprint density at radius 3 is 2.87 bits per heavy atom. The van der Waals surface area contributed by atoms with E-state index in [2.05, 4.69) is 28.4 Å². The van der Waals surface area contributed by atoms with Crippen molar-refractivity contribution in [3.05, 3.63) is 51.9 Å². The Morgan fingerprint density at radius 1 is 1.30 bits per heavy atom. The summed E-state index contributed by atoms with van der Waals surface area (Å²) in [5, 5.41) is 9.74. The van der Waals surface area contributed by atoms with Gasteiger partial charge >= 0.3 is 5.88 Å². The number of hydrogen-bond donors (Lipinski definition) is 1. The Labute approximate surface area is 139 Å². The number of anilines is 1. The van der Waals surface area contributed by atoms with Crippen LogP contribution in [0, 0.1) is 0 Å². The average Bonchev–Trinajstić information content (AvgIpc) is 2.91. The van der Waals surface area contributed by atoms with Crippen LogP contribution in [0.1, 0.15) is 12.8 Å². The largest absolute Gasteiger partial charge is 0.452 e. The van der Waals surface area contributed by atoms with E-state index < -0.39 is 0 Å². The molecule has 2 N–H and O–H groups in total. The number of aromatic nitrogens is 2. The first-order chi connectivity index (χ1) is 10.7. The molecule has 1 atom stereocenters. The van der Waals surface area contributed by atoms with Crippen molar-refractivity contribution in [3.8, 4) is 0 Å². The summed E-state index contributed by atoms with van der Waals surface area (Å²) in [7, 11) is 3.31. The van der Waals surface area contributed by atoms with Crippen molar-refractivity contribution in [1.82, 2.24) is 10.2 Å². The maximum Gasteiger partial charge on any atom is 0.335 e. The second kappa shape index (κ2) is 5.49. The van der Waals surface area contributed by atoms with Gasteiger partial charge in [-0.25, -0.2) is 0 Å². The summed E-state index contributed by atoms with van der Waals surface area (Å²) >= 11 is 0. The summed E-state index contributed by atoms with van der Waals surface area (Å²) in [5.41, 5.74) is 9.43. The number of hydrogen-bond acceptors (Lipinski definition) is 5. The number of rotatable bonds is 2. The van der Waals surface area contributed by atoms with Crippen molar-refractivity contribution >= 4 is 30.1 Å². The van der Waals surface area contributed by atoms with Gasteiger partial charge in [0.1, 0.15) is 0 Å². The molecule has 2 aliphatic heterocycles. The molecule has 0 radical (unpaired) electrons. The van der Waals surface area contributed by atoms with Crippen LogP contribution >= 0.6 is 12.4 Å². The first-order valence-electron chi connectivity index (χ1n) is 7.17. The van der Waals surface area contributed by atoms with Crippen LogP contribution in [0.15, 0.2) is 41.5 Å². The SMILES string of the molecule is COC1=CC2=C(C=CCC2)C2=c3c(N)nncc3=C[N+]12OC.Cl. The van der Waals surface area contributed by atoms with Gasteiger partial charge < -0.3 is 10.5 Å². The van der Waals surface area contributed by atoms with E-state index in [4.69, 9.17) is 15.3 Å². The molecule has 0 amide bonds. The molecule has 1 unspecified atom stereocenters. The zero-order valence-electron chi connectivity index (χ0n) is 12.9. The van der Waals surface area contributed by atoms with E-state index in [1.807, 2.05) is 6.20 Å². The minimum Gasteiger partial charge on any atom is -0.452 e. The fourth-order valence-electron chi connectivity index (χ4n) is 3.42. The van der Waals surface area contributed by atoms with E-state index >= 15 is 0 Å². The third-order valence-electron chi connectivity index (χ3n) is 4.39. The van der Waals surface area contributed by atoms with Gasteiger partial charge in [-0.05, 0) is 18.4 Å². The van der Waals surface area contributed by atoms with E-state index in [0.29, 0.717) is 11.7 Å². The highest BCUT2D eigenvalue weighted by Crippen LogP contribution is 2.43. The highest BCUT2D eigenvalue weighted by atomic mass is 35.5. The molecule has 0 fully saturated rings. The lowest BCUT2D eigenvalue weighted by atomic mass is 9.91. The summed E-state index contributed by atoms with van der Waals surface area (Å²) < 4.78 is 5.68. The van der Waals surface area contributed by atoms with Gasteiger partial charge in [0.2, 0.25) is 0 Å². The lowest BCUT2D eigenvalue weighted by Gasteiger charge is -2.34. The Bertz CT molecular complexity index is 888. The van der Waals surface area contributed by atoms with Gasteiger partial charge in [-0.1, -0.05) is 16.8 Å². The summed E-state index contributed by atoms with van der Waals surface area (Å²) in [5.74, 6) is 1.12. The van der Waals surface area contributed by atoms with Gasteiger partial charge in [-0.3, -0.25) is 0 Å². The summed E-state index contributed by atoms with van der Waals surface area (Å²) in [6.07, 6.45) is 12.0. The second-order valence-electron chi connectivity index (χ2n) is 5.45. The van der Waals surface area contributed by atoms with Gasteiger partial charge in [0.25, 0.3) is 0 Å². The van der Waals surface area contributed by atoms with Crippen molar-refractivity contribution in [3.63, 3.8) is 0 Å². The van der Waals surface area contributed by atoms with E-state index in [-0.39, 0.29) is 17.1 Å². The highest BCUT2D eigenvalue weighted by molar-refractivity contribution is 5.85. The summed E-state index contributed by atoms with van der Waals surface area (Å²) in [6.45, 7) is 0. The van der Waals surface area contributed by atoms with Crippen LogP contribution in [0.5, 0.6) is 0 Å². The van der Waals surface area contributed by atoms with Crippen LogP contribution in [-0.4, -0.2) is 29.1 Å². The van der Waals surface area contributed by atoms with E-state index in [1.54, 1.807) is 20.4 Å². The van der Waals surface area contributed by atoms with Gasteiger partial charge in [-0.15, -0.1) is 17.5 Å². The minimum absolute atomic E-state index is 0. The Morgan fingerprint density at radius 2 is 2.13 bits per heavy atom. The number of ether oxygens (including phenoxy) is 1. The second-order valence-corrected chi connectivity index (χ2v) is 5.45. The number of methoxy groups -OCH3 is 1. The number of nitrogens with zero attached hydrogens (tertiary/aromatic N) is 3.